The van der Waals surface area contributed by atoms with Gasteiger partial charge in [-0.1, -0.05) is 58.3 Å². The monoisotopic (exact) mass is 277 g/mol. The van der Waals surface area contributed by atoms with E-state index in [1.165, 1.54) is 70.6 Å². The summed E-state index contributed by atoms with van der Waals surface area (Å²) in [5.41, 5.74) is 6.50. The molecule has 0 spiro atoms. The molecule has 3 rings (SSSR count). The van der Waals surface area contributed by atoms with Crippen LogP contribution in [0.1, 0.15) is 84.0 Å². The molecule has 5 atom stereocenters. The van der Waals surface area contributed by atoms with Crippen LogP contribution >= 0.6 is 0 Å². The third-order valence-corrected chi connectivity index (χ3v) is 6.68. The van der Waals surface area contributed by atoms with Crippen molar-refractivity contribution < 1.29 is 0 Å². The fraction of sp³-hybridized carbons (Fsp3) is 1.00. The van der Waals surface area contributed by atoms with Gasteiger partial charge in [0.15, 0.2) is 0 Å². The Balaban J connectivity index is 1.22. The zero-order chi connectivity index (χ0) is 13.9. The Bertz CT molecular complexity index is 284. The van der Waals surface area contributed by atoms with Crippen molar-refractivity contribution in [2.75, 3.05) is 0 Å². The lowest BCUT2D eigenvalue weighted by atomic mass is 9.94. The molecule has 116 valence electrons. The first kappa shape index (κ1) is 14.9. The van der Waals surface area contributed by atoms with Crippen LogP contribution in [0.3, 0.4) is 0 Å². The molecule has 1 nitrogen and oxygen atoms in total. The third-order valence-electron chi connectivity index (χ3n) is 6.68. The molecule has 3 saturated carbocycles. The van der Waals surface area contributed by atoms with Crippen molar-refractivity contribution in [2.24, 2.45) is 35.3 Å². The van der Waals surface area contributed by atoms with Crippen LogP contribution in [-0.2, 0) is 0 Å². The molecule has 3 fully saturated rings. The molecule has 0 aromatic carbocycles. The van der Waals surface area contributed by atoms with Gasteiger partial charge >= 0.3 is 0 Å². The number of unbranched alkanes of at least 4 members (excludes halogenated alkanes) is 7. The predicted octanol–water partition coefficient (Wildman–Crippen LogP) is 5.14. The average molecular weight is 277 g/mol. The van der Waals surface area contributed by atoms with Crippen LogP contribution in [0.5, 0.6) is 0 Å². The standard InChI is InChI=1S/C19H35N/c1-2-3-4-5-6-7-8-9-10-16(20)19-17-14-11-12-15(13-14)18(17)19/h14-19H,2-13,20H2,1H3. The van der Waals surface area contributed by atoms with Crippen molar-refractivity contribution in [1.29, 1.82) is 0 Å². The highest BCUT2D eigenvalue weighted by atomic mass is 14.8. The largest absolute Gasteiger partial charge is 0.327 e. The van der Waals surface area contributed by atoms with E-state index in [2.05, 4.69) is 6.92 Å². The van der Waals surface area contributed by atoms with Gasteiger partial charge in [-0.05, 0) is 55.3 Å². The maximum Gasteiger partial charge on any atom is 0.00728 e. The summed E-state index contributed by atoms with van der Waals surface area (Å²) in [7, 11) is 0. The molecule has 0 aliphatic heterocycles. The van der Waals surface area contributed by atoms with Crippen LogP contribution in [0.15, 0.2) is 0 Å². The zero-order valence-corrected chi connectivity index (χ0v) is 13.5. The summed E-state index contributed by atoms with van der Waals surface area (Å²) in [6.07, 6.45) is 17.3. The van der Waals surface area contributed by atoms with Crippen molar-refractivity contribution in [3.63, 3.8) is 0 Å². The van der Waals surface area contributed by atoms with E-state index in [1.54, 1.807) is 6.42 Å². The minimum Gasteiger partial charge on any atom is -0.327 e. The summed E-state index contributed by atoms with van der Waals surface area (Å²) in [5, 5.41) is 0. The summed E-state index contributed by atoms with van der Waals surface area (Å²) in [6, 6.07) is 0.550. The Morgan fingerprint density at radius 3 is 2.00 bits per heavy atom. The van der Waals surface area contributed by atoms with Gasteiger partial charge in [-0.2, -0.15) is 0 Å². The maximum absolute atomic E-state index is 6.50. The highest BCUT2D eigenvalue weighted by Gasteiger charge is 2.65. The molecule has 0 heterocycles. The number of hydrogen-bond donors (Lipinski definition) is 1. The minimum atomic E-state index is 0.550. The molecule has 0 radical (unpaired) electrons. The van der Waals surface area contributed by atoms with E-state index in [-0.39, 0.29) is 0 Å². The van der Waals surface area contributed by atoms with Gasteiger partial charge in [0.25, 0.3) is 0 Å². The summed E-state index contributed by atoms with van der Waals surface area (Å²) >= 11 is 0. The molecular formula is C19H35N. The number of nitrogens with two attached hydrogens (primary N) is 1. The van der Waals surface area contributed by atoms with Crippen LogP contribution < -0.4 is 5.73 Å². The predicted molar refractivity (Wildman–Crippen MR) is 86.5 cm³/mol. The Hall–Kier alpha value is -0.0400. The summed E-state index contributed by atoms with van der Waals surface area (Å²) in [6.45, 7) is 2.29. The van der Waals surface area contributed by atoms with E-state index >= 15 is 0 Å². The number of fused-ring (bicyclic) bond motifs is 5. The van der Waals surface area contributed by atoms with Crippen LogP contribution in [0, 0.1) is 29.6 Å². The fourth-order valence-corrected chi connectivity index (χ4v) is 5.67. The summed E-state index contributed by atoms with van der Waals surface area (Å²) in [4.78, 5) is 0. The number of rotatable bonds is 10. The SMILES string of the molecule is CCCCCCCCCCC(N)C1C2C3CCC(C3)C12. The molecule has 3 aliphatic rings. The van der Waals surface area contributed by atoms with Gasteiger partial charge in [0.05, 0.1) is 0 Å². The molecule has 0 aromatic heterocycles. The van der Waals surface area contributed by atoms with Crippen molar-refractivity contribution in [1.82, 2.24) is 0 Å². The topological polar surface area (TPSA) is 26.0 Å². The zero-order valence-electron chi connectivity index (χ0n) is 13.5. The highest BCUT2D eigenvalue weighted by Crippen LogP contribution is 2.70. The van der Waals surface area contributed by atoms with Crippen molar-refractivity contribution in [2.45, 2.75) is 90.0 Å². The molecule has 0 aromatic rings. The Morgan fingerprint density at radius 1 is 0.850 bits per heavy atom. The lowest BCUT2D eigenvalue weighted by molar-refractivity contribution is 0.388. The molecule has 2 N–H and O–H groups in total. The van der Waals surface area contributed by atoms with Crippen LogP contribution in [-0.4, -0.2) is 6.04 Å². The Kier molecular flexibility index (Phi) is 5.07. The third kappa shape index (κ3) is 3.08. The first-order valence-corrected chi connectivity index (χ1v) is 9.58. The molecule has 0 saturated heterocycles. The minimum absolute atomic E-state index is 0.550. The fourth-order valence-electron chi connectivity index (χ4n) is 5.67. The first-order chi connectivity index (χ1) is 9.83. The highest BCUT2D eigenvalue weighted by molar-refractivity contribution is 5.15. The molecule has 20 heavy (non-hydrogen) atoms. The second kappa shape index (κ2) is 6.81. The van der Waals surface area contributed by atoms with Crippen LogP contribution in [0.25, 0.3) is 0 Å². The average Bonchev–Trinajstić information content (AvgIpc) is 2.90. The van der Waals surface area contributed by atoms with Gasteiger partial charge < -0.3 is 5.73 Å². The molecule has 3 aliphatic carbocycles. The van der Waals surface area contributed by atoms with Gasteiger partial charge in [-0.3, -0.25) is 0 Å². The van der Waals surface area contributed by atoms with Crippen molar-refractivity contribution >= 4 is 0 Å². The molecular weight excluding hydrogens is 242 g/mol. The van der Waals surface area contributed by atoms with Gasteiger partial charge in [0, 0.05) is 6.04 Å². The quantitative estimate of drug-likeness (QED) is 0.550. The lowest BCUT2D eigenvalue weighted by Crippen LogP contribution is -2.26. The van der Waals surface area contributed by atoms with Crippen LogP contribution in [0.4, 0.5) is 0 Å². The summed E-state index contributed by atoms with van der Waals surface area (Å²) in [5.74, 6) is 5.31. The molecule has 5 unspecified atom stereocenters. The molecule has 0 amide bonds. The Labute approximate surface area is 126 Å². The second-order valence-electron chi connectivity index (χ2n) is 7.99. The van der Waals surface area contributed by atoms with Gasteiger partial charge in [-0.15, -0.1) is 0 Å². The van der Waals surface area contributed by atoms with Gasteiger partial charge in [0.1, 0.15) is 0 Å². The molecule has 2 bridgehead atoms. The lowest BCUT2D eigenvalue weighted by Gasteiger charge is -2.16. The summed E-state index contributed by atoms with van der Waals surface area (Å²) < 4.78 is 0. The first-order valence-electron chi connectivity index (χ1n) is 9.58. The smallest absolute Gasteiger partial charge is 0.00728 e. The van der Waals surface area contributed by atoms with Gasteiger partial charge in [0.2, 0.25) is 0 Å². The molecule has 1 heteroatoms. The van der Waals surface area contributed by atoms with Crippen LogP contribution in [0.2, 0.25) is 0 Å². The van der Waals surface area contributed by atoms with E-state index in [4.69, 9.17) is 5.73 Å². The normalized spacial score (nSPS) is 39.0. The van der Waals surface area contributed by atoms with Crippen molar-refractivity contribution in [3.05, 3.63) is 0 Å². The van der Waals surface area contributed by atoms with E-state index < -0.39 is 0 Å². The Morgan fingerprint density at radius 2 is 1.40 bits per heavy atom. The maximum atomic E-state index is 6.50. The van der Waals surface area contributed by atoms with Crippen molar-refractivity contribution in [3.8, 4) is 0 Å². The van der Waals surface area contributed by atoms with E-state index in [0.717, 1.165) is 29.6 Å². The van der Waals surface area contributed by atoms with E-state index in [0.29, 0.717) is 6.04 Å². The van der Waals surface area contributed by atoms with E-state index in [1.807, 2.05) is 0 Å². The van der Waals surface area contributed by atoms with E-state index in [9.17, 15) is 0 Å². The second-order valence-corrected chi connectivity index (χ2v) is 7.99. The van der Waals surface area contributed by atoms with Gasteiger partial charge in [-0.25, -0.2) is 0 Å². The number of hydrogen-bond acceptors (Lipinski definition) is 1.